The van der Waals surface area contributed by atoms with Gasteiger partial charge in [0.05, 0.1) is 11.6 Å². The summed E-state index contributed by atoms with van der Waals surface area (Å²) in [4.78, 5) is 26.9. The lowest BCUT2D eigenvalue weighted by atomic mass is 9.67. The van der Waals surface area contributed by atoms with Crippen LogP contribution in [0.1, 0.15) is 48.9 Å². The Morgan fingerprint density at radius 1 is 1.00 bits per heavy atom. The number of carbonyl (C=O) groups excluding carboxylic acids is 2. The summed E-state index contributed by atoms with van der Waals surface area (Å²) in [5.74, 6) is -0.556. The second-order valence-electron chi connectivity index (χ2n) is 10.3. The van der Waals surface area contributed by atoms with Crippen LogP contribution in [0.15, 0.2) is 36.4 Å². The van der Waals surface area contributed by atoms with E-state index in [1.54, 1.807) is 17.0 Å². The molecule has 1 aliphatic heterocycles. The highest BCUT2D eigenvalue weighted by molar-refractivity contribution is 6.30. The van der Waals surface area contributed by atoms with Gasteiger partial charge < -0.3 is 19.7 Å². The van der Waals surface area contributed by atoms with Crippen LogP contribution in [-0.4, -0.2) is 49.1 Å². The summed E-state index contributed by atoms with van der Waals surface area (Å²) in [5, 5.41) is 2.97. The molecule has 1 heterocycles. The first-order valence-electron chi connectivity index (χ1n) is 12.4. The van der Waals surface area contributed by atoms with Crippen LogP contribution in [0.2, 0.25) is 5.02 Å². The molecule has 9 heteroatoms. The van der Waals surface area contributed by atoms with E-state index in [0.717, 1.165) is 44.6 Å². The van der Waals surface area contributed by atoms with Crippen LogP contribution < -0.4 is 14.8 Å². The van der Waals surface area contributed by atoms with Crippen molar-refractivity contribution in [3.63, 3.8) is 0 Å². The maximum absolute atomic E-state index is 14.4. The molecule has 36 heavy (non-hydrogen) atoms. The van der Waals surface area contributed by atoms with Crippen LogP contribution in [0.3, 0.4) is 0 Å². The third-order valence-electron chi connectivity index (χ3n) is 7.36. The summed E-state index contributed by atoms with van der Waals surface area (Å²) >= 11 is 5.65. The number of hydrogen-bond acceptors (Lipinski definition) is 4. The van der Waals surface area contributed by atoms with Gasteiger partial charge in [0.15, 0.2) is 18.2 Å². The highest BCUT2D eigenvalue weighted by Gasteiger charge is 2.47. The minimum Gasteiger partial charge on any atom is -0.490 e. The molecule has 3 fully saturated rings. The van der Waals surface area contributed by atoms with E-state index in [1.807, 2.05) is 0 Å². The molecule has 5 rings (SSSR count). The molecule has 0 unspecified atom stereocenters. The highest BCUT2D eigenvalue weighted by Crippen LogP contribution is 2.44. The second-order valence-corrected chi connectivity index (χ2v) is 10.7. The van der Waals surface area contributed by atoms with E-state index in [9.17, 15) is 18.4 Å². The third kappa shape index (κ3) is 5.75. The molecule has 0 bridgehead atoms. The Morgan fingerprint density at radius 2 is 1.75 bits per heavy atom. The molecule has 3 aliphatic rings. The van der Waals surface area contributed by atoms with Gasteiger partial charge in [-0.15, -0.1) is 0 Å². The fraction of sp³-hybridized carbons (Fsp3) is 0.481. The Balaban J connectivity index is 1.04. The molecule has 2 aliphatic carbocycles. The van der Waals surface area contributed by atoms with Crippen LogP contribution in [0.5, 0.6) is 11.5 Å². The van der Waals surface area contributed by atoms with Crippen LogP contribution in [0.4, 0.5) is 8.78 Å². The van der Waals surface area contributed by atoms with E-state index in [1.165, 1.54) is 18.2 Å². The Morgan fingerprint density at radius 3 is 2.42 bits per heavy atom. The first-order chi connectivity index (χ1) is 17.3. The number of carbonyl (C=O) groups is 2. The molecule has 2 aromatic rings. The number of nitrogens with one attached hydrogen (secondary N) is 1. The van der Waals surface area contributed by atoms with E-state index in [4.69, 9.17) is 21.1 Å². The Hall–Kier alpha value is -2.87. The summed E-state index contributed by atoms with van der Waals surface area (Å²) in [7, 11) is 0. The van der Waals surface area contributed by atoms with Crippen molar-refractivity contribution in [3.05, 3.63) is 58.6 Å². The summed E-state index contributed by atoms with van der Waals surface area (Å²) in [6.07, 6.45) is 5.67. The predicted octanol–water partition coefficient (Wildman–Crippen LogP) is 4.99. The lowest BCUT2D eigenvalue weighted by Crippen LogP contribution is -2.60. The summed E-state index contributed by atoms with van der Waals surface area (Å²) in [6.45, 7) is 1.60. The number of hydrogen-bond donors (Lipinski definition) is 1. The highest BCUT2D eigenvalue weighted by atomic mass is 35.5. The lowest BCUT2D eigenvalue weighted by molar-refractivity contribution is -0.124. The number of benzene rings is 2. The molecule has 6 nitrogen and oxygen atoms in total. The summed E-state index contributed by atoms with van der Waals surface area (Å²) in [6, 6.07) is 8.52. The van der Waals surface area contributed by atoms with E-state index >= 15 is 0 Å². The van der Waals surface area contributed by atoms with E-state index in [0.29, 0.717) is 31.2 Å². The van der Waals surface area contributed by atoms with Crippen molar-refractivity contribution in [1.29, 1.82) is 0 Å². The van der Waals surface area contributed by atoms with Crippen molar-refractivity contribution in [2.24, 2.45) is 11.3 Å². The first-order valence-corrected chi connectivity index (χ1v) is 12.8. The monoisotopic (exact) mass is 518 g/mol. The van der Waals surface area contributed by atoms with Gasteiger partial charge in [-0.3, -0.25) is 9.59 Å². The molecule has 2 saturated carbocycles. The average Bonchev–Trinajstić information content (AvgIpc) is 3.67. The normalized spacial score (nSPS) is 19.0. The zero-order valence-corrected chi connectivity index (χ0v) is 20.7. The van der Waals surface area contributed by atoms with Gasteiger partial charge in [-0.1, -0.05) is 11.6 Å². The number of halogens is 3. The smallest absolute Gasteiger partial charge is 0.258 e. The Labute approximate surface area is 213 Å². The van der Waals surface area contributed by atoms with Crippen LogP contribution >= 0.6 is 11.6 Å². The summed E-state index contributed by atoms with van der Waals surface area (Å²) < 4.78 is 38.7. The maximum Gasteiger partial charge on any atom is 0.258 e. The van der Waals surface area contributed by atoms with E-state index < -0.39 is 11.6 Å². The molecule has 0 atom stereocenters. The first kappa shape index (κ1) is 24.8. The number of amides is 2. The quantitative estimate of drug-likeness (QED) is 0.535. The van der Waals surface area contributed by atoms with Crippen molar-refractivity contribution in [2.45, 2.75) is 44.6 Å². The van der Waals surface area contributed by atoms with E-state index in [2.05, 4.69) is 5.32 Å². The number of nitrogens with zero attached hydrogens (tertiary/aromatic N) is 1. The van der Waals surface area contributed by atoms with Gasteiger partial charge in [-0.05, 0) is 74.8 Å². The van der Waals surface area contributed by atoms with Crippen molar-refractivity contribution in [2.75, 3.05) is 26.3 Å². The van der Waals surface area contributed by atoms with Gasteiger partial charge in [0.25, 0.3) is 11.8 Å². The molecule has 0 radical (unpaired) electrons. The number of likely N-dealkylation sites (tertiary alicyclic amines) is 1. The van der Waals surface area contributed by atoms with Gasteiger partial charge >= 0.3 is 0 Å². The average molecular weight is 519 g/mol. The fourth-order valence-corrected chi connectivity index (χ4v) is 5.13. The Bertz CT molecular complexity index is 1140. The van der Waals surface area contributed by atoms with Crippen molar-refractivity contribution in [1.82, 2.24) is 10.2 Å². The van der Waals surface area contributed by atoms with Gasteiger partial charge in [0, 0.05) is 36.2 Å². The standard InChI is InChI=1S/C27H29ClF2N2O4/c28-21-5-4-20(12-22(21)29)35-14-25(33)31-19-7-9-27(10-8-19)15-32(16-27)26(34)18-3-6-24(23(30)11-18)36-13-17-1-2-17/h3-6,11-12,17,19H,1-2,7-10,13-16H2,(H,31,33). The molecule has 192 valence electrons. The summed E-state index contributed by atoms with van der Waals surface area (Å²) in [5.41, 5.74) is 0.391. The number of rotatable bonds is 8. The molecule has 1 saturated heterocycles. The van der Waals surface area contributed by atoms with Crippen LogP contribution in [0.25, 0.3) is 0 Å². The second kappa shape index (κ2) is 10.2. The minimum absolute atomic E-state index is 0.00184. The zero-order chi connectivity index (χ0) is 25.3. The molecule has 2 amide bonds. The Kier molecular flexibility index (Phi) is 7.06. The maximum atomic E-state index is 14.4. The molecule has 2 aromatic carbocycles. The van der Waals surface area contributed by atoms with E-state index in [-0.39, 0.29) is 46.4 Å². The van der Waals surface area contributed by atoms with Crippen molar-refractivity contribution in [3.8, 4) is 11.5 Å². The topological polar surface area (TPSA) is 67.9 Å². The van der Waals surface area contributed by atoms with Gasteiger partial charge in [0.2, 0.25) is 0 Å². The van der Waals surface area contributed by atoms with Gasteiger partial charge in [-0.2, -0.15) is 0 Å². The number of ether oxygens (including phenoxy) is 2. The zero-order valence-electron chi connectivity index (χ0n) is 19.9. The minimum atomic E-state index is -0.597. The van der Waals surface area contributed by atoms with Crippen LogP contribution in [0, 0.1) is 23.0 Å². The van der Waals surface area contributed by atoms with Gasteiger partial charge in [-0.25, -0.2) is 8.78 Å². The fourth-order valence-electron chi connectivity index (χ4n) is 5.01. The van der Waals surface area contributed by atoms with Crippen molar-refractivity contribution >= 4 is 23.4 Å². The molecule has 1 spiro atoms. The van der Waals surface area contributed by atoms with Gasteiger partial charge in [0.1, 0.15) is 11.6 Å². The molecule has 0 aromatic heterocycles. The lowest BCUT2D eigenvalue weighted by Gasteiger charge is -2.53. The third-order valence-corrected chi connectivity index (χ3v) is 7.67. The molecule has 1 N–H and O–H groups in total. The van der Waals surface area contributed by atoms with Crippen LogP contribution in [-0.2, 0) is 4.79 Å². The SMILES string of the molecule is O=C(COc1ccc(Cl)c(F)c1)NC1CCC2(CC1)CN(C(=O)c1ccc(OCC3CC3)c(F)c1)C2. The van der Waals surface area contributed by atoms with Crippen molar-refractivity contribution < 1.29 is 27.8 Å². The molecular weight excluding hydrogens is 490 g/mol. The largest absolute Gasteiger partial charge is 0.490 e. The molecular formula is C27H29ClF2N2O4. The predicted molar refractivity (Wildman–Crippen MR) is 130 cm³/mol.